The van der Waals surface area contributed by atoms with E-state index in [1.807, 2.05) is 6.92 Å². The van der Waals surface area contributed by atoms with Crippen LogP contribution >= 0.6 is 0 Å². The fourth-order valence-corrected chi connectivity index (χ4v) is 4.73. The molecule has 1 heterocycles. The molecule has 4 nitrogen and oxygen atoms in total. The van der Waals surface area contributed by atoms with Gasteiger partial charge in [0.2, 0.25) is 10.0 Å². The number of hydrogen-bond acceptors (Lipinski definition) is 3. The van der Waals surface area contributed by atoms with Crippen molar-refractivity contribution in [3.8, 4) is 0 Å². The van der Waals surface area contributed by atoms with Crippen LogP contribution in [0.15, 0.2) is 12.7 Å². The van der Waals surface area contributed by atoms with E-state index in [0.29, 0.717) is 31.0 Å². The first-order valence-electron chi connectivity index (χ1n) is 5.39. The van der Waals surface area contributed by atoms with Crippen LogP contribution < -0.4 is 0 Å². The summed E-state index contributed by atoms with van der Waals surface area (Å²) in [5.74, 6) is 1.34. The summed E-state index contributed by atoms with van der Waals surface area (Å²) in [5, 5.41) is 0. The highest BCUT2D eigenvalue weighted by atomic mass is 32.2. The highest BCUT2D eigenvalue weighted by molar-refractivity contribution is 7.89. The van der Waals surface area contributed by atoms with Crippen molar-refractivity contribution in [2.75, 3.05) is 30.3 Å². The first-order chi connectivity index (χ1) is 7.45. The van der Waals surface area contributed by atoms with E-state index in [1.165, 1.54) is 4.31 Å². The maximum atomic E-state index is 11.9. The third-order valence-electron chi connectivity index (χ3n) is 2.53. The van der Waals surface area contributed by atoms with Gasteiger partial charge in [0, 0.05) is 35.4 Å². The van der Waals surface area contributed by atoms with E-state index in [4.69, 9.17) is 0 Å². The first-order valence-corrected chi connectivity index (χ1v) is 8.49. The highest BCUT2D eigenvalue weighted by Gasteiger charge is 2.27. The molecule has 0 spiro atoms. The lowest BCUT2D eigenvalue weighted by Crippen LogP contribution is -2.36. The summed E-state index contributed by atoms with van der Waals surface area (Å²) in [6, 6.07) is 0. The zero-order valence-corrected chi connectivity index (χ0v) is 11.2. The van der Waals surface area contributed by atoms with E-state index >= 15 is 0 Å². The monoisotopic (exact) mass is 265 g/mol. The lowest BCUT2D eigenvalue weighted by Gasteiger charge is -2.21. The summed E-state index contributed by atoms with van der Waals surface area (Å²) >= 11 is 0. The van der Waals surface area contributed by atoms with Gasteiger partial charge in [0.1, 0.15) is 0 Å². The minimum absolute atomic E-state index is 0.107. The van der Waals surface area contributed by atoms with Crippen LogP contribution in [0.25, 0.3) is 0 Å². The number of rotatable bonds is 4. The fourth-order valence-electron chi connectivity index (χ4n) is 1.71. The molecule has 94 valence electrons. The zero-order chi connectivity index (χ0) is 12.2. The van der Waals surface area contributed by atoms with Gasteiger partial charge in [0.05, 0.1) is 5.75 Å². The molecule has 0 aliphatic carbocycles. The summed E-state index contributed by atoms with van der Waals surface area (Å²) < 4.78 is 36.8. The molecule has 0 bridgehead atoms. The number of nitrogens with zero attached hydrogens (tertiary/aromatic N) is 1. The molecule has 0 radical (unpaired) electrons. The summed E-state index contributed by atoms with van der Waals surface area (Å²) in [5.41, 5.74) is 0. The SMILES string of the molecule is C=CCCS(=O)(=O)N1CC[S@](=O)C[C@@H](C)C1. The second kappa shape index (κ2) is 5.93. The van der Waals surface area contributed by atoms with Gasteiger partial charge in [0.15, 0.2) is 0 Å². The Kier molecular flexibility index (Phi) is 5.14. The highest BCUT2D eigenvalue weighted by Crippen LogP contribution is 2.13. The van der Waals surface area contributed by atoms with Gasteiger partial charge in [0.25, 0.3) is 0 Å². The molecule has 1 aliphatic heterocycles. The van der Waals surface area contributed by atoms with E-state index in [0.717, 1.165) is 0 Å². The summed E-state index contributed by atoms with van der Waals surface area (Å²) in [6.07, 6.45) is 2.08. The predicted molar refractivity (Wildman–Crippen MR) is 67.2 cm³/mol. The maximum absolute atomic E-state index is 11.9. The average molecular weight is 265 g/mol. The third kappa shape index (κ3) is 3.99. The van der Waals surface area contributed by atoms with Gasteiger partial charge in [-0.15, -0.1) is 6.58 Å². The molecular weight excluding hydrogens is 246 g/mol. The number of sulfonamides is 1. The molecule has 1 aliphatic rings. The van der Waals surface area contributed by atoms with Crippen molar-refractivity contribution < 1.29 is 12.6 Å². The van der Waals surface area contributed by atoms with Gasteiger partial charge in [-0.2, -0.15) is 0 Å². The van der Waals surface area contributed by atoms with Crippen LogP contribution in [0.5, 0.6) is 0 Å². The summed E-state index contributed by atoms with van der Waals surface area (Å²) in [4.78, 5) is 0. The van der Waals surface area contributed by atoms with Gasteiger partial charge in [-0.3, -0.25) is 4.21 Å². The Morgan fingerprint density at radius 3 is 2.88 bits per heavy atom. The molecule has 0 aromatic carbocycles. The van der Waals surface area contributed by atoms with Crippen LogP contribution in [0.3, 0.4) is 0 Å². The fraction of sp³-hybridized carbons (Fsp3) is 0.800. The van der Waals surface area contributed by atoms with Crippen molar-refractivity contribution in [3.63, 3.8) is 0 Å². The largest absolute Gasteiger partial charge is 0.260 e. The standard InChI is InChI=1S/C10H19NO3S2/c1-3-4-7-16(13,14)11-5-6-15(12)9-10(2)8-11/h3,10H,1,4-9H2,2H3/t10-,15-/m0/s1. The topological polar surface area (TPSA) is 54.5 Å². The van der Waals surface area contributed by atoms with Crippen molar-refractivity contribution in [1.29, 1.82) is 0 Å². The van der Waals surface area contributed by atoms with Crippen LogP contribution in [0.2, 0.25) is 0 Å². The van der Waals surface area contributed by atoms with Crippen molar-refractivity contribution >= 4 is 20.8 Å². The van der Waals surface area contributed by atoms with Crippen LogP contribution in [-0.4, -0.2) is 47.3 Å². The molecule has 2 atom stereocenters. The van der Waals surface area contributed by atoms with E-state index in [9.17, 15) is 12.6 Å². The molecule has 0 amide bonds. The molecule has 16 heavy (non-hydrogen) atoms. The summed E-state index contributed by atoms with van der Waals surface area (Å²) in [6.45, 7) is 6.34. The molecule has 1 fully saturated rings. The van der Waals surface area contributed by atoms with Gasteiger partial charge in [-0.25, -0.2) is 12.7 Å². The molecule has 0 unspecified atom stereocenters. The molecule has 1 rings (SSSR count). The Hall–Kier alpha value is -0.200. The molecule has 0 aromatic heterocycles. The Morgan fingerprint density at radius 2 is 2.25 bits per heavy atom. The quantitative estimate of drug-likeness (QED) is 0.699. The molecule has 0 aromatic rings. The van der Waals surface area contributed by atoms with E-state index in [1.54, 1.807) is 6.08 Å². The first kappa shape index (κ1) is 13.9. The van der Waals surface area contributed by atoms with Gasteiger partial charge < -0.3 is 0 Å². The molecular formula is C10H19NO3S2. The van der Waals surface area contributed by atoms with Crippen molar-refractivity contribution in [1.82, 2.24) is 4.31 Å². The Morgan fingerprint density at radius 1 is 1.56 bits per heavy atom. The second-order valence-electron chi connectivity index (χ2n) is 4.17. The predicted octanol–water partition coefficient (Wildman–Crippen LogP) is 0.593. The minimum atomic E-state index is -3.20. The van der Waals surface area contributed by atoms with Gasteiger partial charge in [-0.05, 0) is 12.3 Å². The lowest BCUT2D eigenvalue weighted by atomic mass is 10.2. The van der Waals surface area contributed by atoms with Crippen LogP contribution in [0.4, 0.5) is 0 Å². The van der Waals surface area contributed by atoms with Crippen molar-refractivity contribution in [2.24, 2.45) is 5.92 Å². The summed E-state index contributed by atoms with van der Waals surface area (Å²) in [7, 11) is -4.07. The Balaban J connectivity index is 2.71. The Labute approximate surface area is 100 Å². The molecule has 0 N–H and O–H groups in total. The van der Waals surface area contributed by atoms with Gasteiger partial charge >= 0.3 is 0 Å². The smallest absolute Gasteiger partial charge is 0.214 e. The van der Waals surface area contributed by atoms with Crippen LogP contribution in [0.1, 0.15) is 13.3 Å². The van der Waals surface area contributed by atoms with Crippen molar-refractivity contribution in [3.05, 3.63) is 12.7 Å². The molecule has 0 saturated carbocycles. The normalized spacial score (nSPS) is 28.6. The minimum Gasteiger partial charge on any atom is -0.260 e. The average Bonchev–Trinajstić information content (AvgIpc) is 2.37. The van der Waals surface area contributed by atoms with Crippen molar-refractivity contribution in [2.45, 2.75) is 13.3 Å². The maximum Gasteiger partial charge on any atom is 0.214 e. The number of hydrogen-bond donors (Lipinski definition) is 0. The van der Waals surface area contributed by atoms with Crippen LogP contribution in [0, 0.1) is 5.92 Å². The van der Waals surface area contributed by atoms with Crippen LogP contribution in [-0.2, 0) is 20.8 Å². The van der Waals surface area contributed by atoms with Gasteiger partial charge in [-0.1, -0.05) is 13.0 Å². The van der Waals surface area contributed by atoms with E-state index in [2.05, 4.69) is 6.58 Å². The molecule has 1 saturated heterocycles. The Bertz CT molecular complexity index is 364. The zero-order valence-electron chi connectivity index (χ0n) is 9.59. The third-order valence-corrected chi connectivity index (χ3v) is 5.98. The molecule has 6 heteroatoms. The number of allylic oxidation sites excluding steroid dienone is 1. The lowest BCUT2D eigenvalue weighted by molar-refractivity contribution is 0.392. The second-order valence-corrected chi connectivity index (χ2v) is 7.88. The van der Waals surface area contributed by atoms with E-state index < -0.39 is 20.8 Å². The van der Waals surface area contributed by atoms with E-state index in [-0.39, 0.29) is 11.7 Å².